The number of rotatable bonds is 5. The molecule has 28 heavy (non-hydrogen) atoms. The minimum Gasteiger partial charge on any atom is -0.467 e. The number of benzene rings is 1. The van der Waals surface area contributed by atoms with Crippen molar-refractivity contribution in [3.63, 3.8) is 0 Å². The standard InChI is InChI=1S/C20H23N3O5/c1-2-27-20(26)23-11-9-22(10-12-23)19(25)16-7-5-15(6-8-16)18(24)21-14-17-4-3-13-28-17/h3-8,13H,2,9-12,14H2,1H3,(H,21,24). The van der Waals surface area contributed by atoms with Gasteiger partial charge >= 0.3 is 6.09 Å². The molecule has 0 bridgehead atoms. The number of piperazine rings is 1. The molecule has 1 N–H and O–H groups in total. The molecule has 1 fully saturated rings. The first-order valence-electron chi connectivity index (χ1n) is 9.20. The maximum absolute atomic E-state index is 12.6. The summed E-state index contributed by atoms with van der Waals surface area (Å²) in [6.45, 7) is 4.18. The molecule has 1 aliphatic rings. The second-order valence-electron chi connectivity index (χ2n) is 6.32. The van der Waals surface area contributed by atoms with Crippen LogP contribution in [0.3, 0.4) is 0 Å². The van der Waals surface area contributed by atoms with E-state index >= 15 is 0 Å². The van der Waals surface area contributed by atoms with E-state index in [-0.39, 0.29) is 17.9 Å². The molecule has 0 atom stereocenters. The summed E-state index contributed by atoms with van der Waals surface area (Å²) < 4.78 is 10.2. The second kappa shape index (κ2) is 9.07. The van der Waals surface area contributed by atoms with Gasteiger partial charge in [-0.1, -0.05) is 0 Å². The number of ether oxygens (including phenoxy) is 1. The molecule has 3 rings (SSSR count). The van der Waals surface area contributed by atoms with Gasteiger partial charge in [-0.15, -0.1) is 0 Å². The SMILES string of the molecule is CCOC(=O)N1CCN(C(=O)c2ccc(C(=O)NCc3ccco3)cc2)CC1. The van der Waals surface area contributed by atoms with Crippen LogP contribution in [0.5, 0.6) is 0 Å². The minimum absolute atomic E-state index is 0.119. The largest absolute Gasteiger partial charge is 0.467 e. The lowest BCUT2D eigenvalue weighted by molar-refractivity contribution is 0.0570. The highest BCUT2D eigenvalue weighted by Crippen LogP contribution is 2.12. The third kappa shape index (κ3) is 4.70. The van der Waals surface area contributed by atoms with Gasteiger partial charge in [0.1, 0.15) is 5.76 Å². The highest BCUT2D eigenvalue weighted by Gasteiger charge is 2.25. The van der Waals surface area contributed by atoms with Gasteiger partial charge in [-0.25, -0.2) is 4.79 Å². The van der Waals surface area contributed by atoms with E-state index in [0.717, 1.165) is 0 Å². The quantitative estimate of drug-likeness (QED) is 0.851. The van der Waals surface area contributed by atoms with Crippen LogP contribution >= 0.6 is 0 Å². The molecule has 0 aliphatic carbocycles. The molecule has 1 aromatic carbocycles. The highest BCUT2D eigenvalue weighted by atomic mass is 16.6. The third-order valence-electron chi connectivity index (χ3n) is 4.49. The molecule has 8 heteroatoms. The number of hydrogen-bond donors (Lipinski definition) is 1. The van der Waals surface area contributed by atoms with Gasteiger partial charge in [0.25, 0.3) is 11.8 Å². The molecule has 2 aromatic rings. The fourth-order valence-corrected chi connectivity index (χ4v) is 2.94. The summed E-state index contributed by atoms with van der Waals surface area (Å²) in [5.74, 6) is 0.312. The summed E-state index contributed by atoms with van der Waals surface area (Å²) >= 11 is 0. The number of furan rings is 1. The number of amides is 3. The fourth-order valence-electron chi connectivity index (χ4n) is 2.94. The zero-order chi connectivity index (χ0) is 19.9. The predicted octanol–water partition coefficient (Wildman–Crippen LogP) is 2.12. The molecule has 1 aromatic heterocycles. The van der Waals surface area contributed by atoms with E-state index in [0.29, 0.717) is 56.2 Å². The van der Waals surface area contributed by atoms with Crippen molar-refractivity contribution < 1.29 is 23.5 Å². The molecule has 2 heterocycles. The molecule has 0 unspecified atom stereocenters. The first-order chi connectivity index (χ1) is 13.6. The van der Waals surface area contributed by atoms with Crippen LogP contribution in [0.25, 0.3) is 0 Å². The van der Waals surface area contributed by atoms with Crippen LogP contribution in [-0.2, 0) is 11.3 Å². The normalized spacial score (nSPS) is 13.9. The van der Waals surface area contributed by atoms with Gasteiger partial charge in [-0.2, -0.15) is 0 Å². The highest BCUT2D eigenvalue weighted by molar-refractivity contribution is 5.97. The first-order valence-corrected chi connectivity index (χ1v) is 9.20. The van der Waals surface area contributed by atoms with Crippen molar-refractivity contribution in [2.75, 3.05) is 32.8 Å². The Morgan fingerprint density at radius 3 is 2.25 bits per heavy atom. The topological polar surface area (TPSA) is 92.1 Å². The van der Waals surface area contributed by atoms with E-state index in [1.165, 1.54) is 0 Å². The Balaban J connectivity index is 1.52. The van der Waals surface area contributed by atoms with Gasteiger partial charge in [-0.05, 0) is 43.3 Å². The number of nitrogens with zero attached hydrogens (tertiary/aromatic N) is 2. The molecular formula is C20H23N3O5. The van der Waals surface area contributed by atoms with Crippen LogP contribution in [0.4, 0.5) is 4.79 Å². The van der Waals surface area contributed by atoms with Crippen molar-refractivity contribution in [1.82, 2.24) is 15.1 Å². The molecule has 1 saturated heterocycles. The molecular weight excluding hydrogens is 362 g/mol. The predicted molar refractivity (Wildman–Crippen MR) is 101 cm³/mol. The maximum Gasteiger partial charge on any atom is 0.409 e. The Hall–Kier alpha value is -3.29. The van der Waals surface area contributed by atoms with Crippen molar-refractivity contribution in [2.24, 2.45) is 0 Å². The van der Waals surface area contributed by atoms with E-state index in [1.54, 1.807) is 59.4 Å². The monoisotopic (exact) mass is 385 g/mol. The van der Waals surface area contributed by atoms with Gasteiger partial charge < -0.3 is 24.3 Å². The van der Waals surface area contributed by atoms with Gasteiger partial charge in [0.2, 0.25) is 0 Å². The lowest BCUT2D eigenvalue weighted by Gasteiger charge is -2.34. The first kappa shape index (κ1) is 19.5. The average molecular weight is 385 g/mol. The molecule has 8 nitrogen and oxygen atoms in total. The van der Waals surface area contributed by atoms with Crippen molar-refractivity contribution >= 4 is 17.9 Å². The zero-order valence-electron chi connectivity index (χ0n) is 15.7. The van der Waals surface area contributed by atoms with E-state index in [2.05, 4.69) is 5.32 Å². The van der Waals surface area contributed by atoms with Gasteiger partial charge in [0.15, 0.2) is 0 Å². The number of hydrogen-bond acceptors (Lipinski definition) is 5. The van der Waals surface area contributed by atoms with Crippen LogP contribution < -0.4 is 5.32 Å². The summed E-state index contributed by atoms with van der Waals surface area (Å²) in [6, 6.07) is 10.1. The van der Waals surface area contributed by atoms with Crippen molar-refractivity contribution in [2.45, 2.75) is 13.5 Å². The molecule has 0 saturated carbocycles. The summed E-state index contributed by atoms with van der Waals surface area (Å²) in [6.07, 6.45) is 1.20. The Bertz CT molecular complexity index is 809. The smallest absolute Gasteiger partial charge is 0.409 e. The van der Waals surface area contributed by atoms with Crippen molar-refractivity contribution in [1.29, 1.82) is 0 Å². The minimum atomic E-state index is -0.348. The zero-order valence-corrected chi connectivity index (χ0v) is 15.7. The Morgan fingerprint density at radius 2 is 1.64 bits per heavy atom. The fraction of sp³-hybridized carbons (Fsp3) is 0.350. The number of carbonyl (C=O) groups is 3. The molecule has 0 spiro atoms. The third-order valence-corrected chi connectivity index (χ3v) is 4.49. The van der Waals surface area contributed by atoms with Crippen LogP contribution in [0.1, 0.15) is 33.4 Å². The maximum atomic E-state index is 12.6. The second-order valence-corrected chi connectivity index (χ2v) is 6.32. The van der Waals surface area contributed by atoms with Crippen molar-refractivity contribution in [3.05, 3.63) is 59.5 Å². The van der Waals surface area contributed by atoms with E-state index < -0.39 is 0 Å². The van der Waals surface area contributed by atoms with E-state index in [4.69, 9.17) is 9.15 Å². The van der Waals surface area contributed by atoms with E-state index in [9.17, 15) is 14.4 Å². The average Bonchev–Trinajstić information content (AvgIpc) is 3.25. The summed E-state index contributed by atoms with van der Waals surface area (Å²) in [4.78, 5) is 39.8. The molecule has 0 radical (unpaired) electrons. The Labute approximate surface area is 163 Å². The van der Waals surface area contributed by atoms with Crippen LogP contribution in [0, 0.1) is 0 Å². The van der Waals surface area contributed by atoms with Gasteiger partial charge in [0.05, 0.1) is 19.4 Å². The summed E-state index contributed by atoms with van der Waals surface area (Å²) in [7, 11) is 0. The van der Waals surface area contributed by atoms with Crippen LogP contribution in [-0.4, -0.2) is 60.5 Å². The van der Waals surface area contributed by atoms with E-state index in [1.807, 2.05) is 0 Å². The van der Waals surface area contributed by atoms with Crippen molar-refractivity contribution in [3.8, 4) is 0 Å². The molecule has 3 amide bonds. The molecule has 1 aliphatic heterocycles. The molecule has 148 valence electrons. The van der Waals surface area contributed by atoms with Gasteiger partial charge in [-0.3, -0.25) is 9.59 Å². The van der Waals surface area contributed by atoms with Gasteiger partial charge in [0, 0.05) is 37.3 Å². The summed E-state index contributed by atoms with van der Waals surface area (Å²) in [5, 5.41) is 2.76. The number of carbonyl (C=O) groups excluding carboxylic acids is 3. The lowest BCUT2D eigenvalue weighted by atomic mass is 10.1. The van der Waals surface area contributed by atoms with Crippen LogP contribution in [0.15, 0.2) is 47.1 Å². The Kier molecular flexibility index (Phi) is 6.31. The number of nitrogens with one attached hydrogen (secondary N) is 1. The summed E-state index contributed by atoms with van der Waals surface area (Å²) in [5.41, 5.74) is 0.974. The Morgan fingerprint density at radius 1 is 1.00 bits per heavy atom. The van der Waals surface area contributed by atoms with Crippen LogP contribution in [0.2, 0.25) is 0 Å². The lowest BCUT2D eigenvalue weighted by Crippen LogP contribution is -2.50.